The van der Waals surface area contributed by atoms with Crippen LogP contribution in [0.2, 0.25) is 0 Å². The molecule has 15 heteroatoms. The number of nitrogen functional groups attached to an aromatic ring is 1. The number of phosphoric ester groups is 1. The van der Waals surface area contributed by atoms with Crippen molar-refractivity contribution in [2.45, 2.75) is 50.7 Å². The summed E-state index contributed by atoms with van der Waals surface area (Å²) in [7, 11) is -2.41. The van der Waals surface area contributed by atoms with Crippen LogP contribution in [0.3, 0.4) is 0 Å². The number of imidazole rings is 1. The van der Waals surface area contributed by atoms with Gasteiger partial charge >= 0.3 is 7.82 Å². The van der Waals surface area contributed by atoms with Crippen molar-refractivity contribution in [3.05, 3.63) is 16.8 Å². The van der Waals surface area contributed by atoms with Gasteiger partial charge in [-0.1, -0.05) is 18.5 Å². The van der Waals surface area contributed by atoms with E-state index in [1.165, 1.54) is 13.4 Å². The average Bonchev–Trinajstić information content (AvgIpc) is 3.26. The van der Waals surface area contributed by atoms with Crippen LogP contribution in [-0.4, -0.2) is 57.6 Å². The topological polar surface area (TPSA) is 182 Å². The van der Waals surface area contributed by atoms with Crippen molar-refractivity contribution in [3.8, 4) is 5.88 Å². The van der Waals surface area contributed by atoms with Crippen LogP contribution in [0.4, 0.5) is 5.95 Å². The number of anilines is 1. The van der Waals surface area contributed by atoms with Crippen LogP contribution in [-0.2, 0) is 22.9 Å². The van der Waals surface area contributed by atoms with Gasteiger partial charge in [-0.3, -0.25) is 18.1 Å². The van der Waals surface area contributed by atoms with Crippen LogP contribution in [0, 0.1) is 0 Å². The van der Waals surface area contributed by atoms with E-state index in [9.17, 15) is 10.1 Å². The second-order valence-electron chi connectivity index (χ2n) is 7.31. The van der Waals surface area contributed by atoms with Gasteiger partial charge in [0.1, 0.15) is 17.7 Å². The maximum atomic E-state index is 12.9. The summed E-state index contributed by atoms with van der Waals surface area (Å²) >= 11 is 0. The van der Waals surface area contributed by atoms with Crippen LogP contribution < -0.4 is 10.5 Å². The van der Waals surface area contributed by atoms with Crippen LogP contribution in [0.15, 0.2) is 11.4 Å². The monoisotopic (exact) mass is 454 g/mol. The summed E-state index contributed by atoms with van der Waals surface area (Å²) in [5, 5.41) is 3.95. The molecular weight excluding hydrogens is 431 g/mol. The zero-order valence-corrected chi connectivity index (χ0v) is 18.1. The highest BCUT2D eigenvalue weighted by atomic mass is 31.2. The first-order chi connectivity index (χ1) is 14.8. The van der Waals surface area contributed by atoms with E-state index in [-0.39, 0.29) is 25.0 Å². The molecule has 0 saturated carbocycles. The van der Waals surface area contributed by atoms with Crippen LogP contribution in [0.1, 0.15) is 32.9 Å². The first-order valence-corrected chi connectivity index (χ1v) is 11.1. The summed E-state index contributed by atoms with van der Waals surface area (Å²) in [6, 6.07) is 0. The first kappa shape index (κ1) is 21.8. The fraction of sp³-hybridized carbons (Fsp3) is 0.688. The number of methoxy groups -OCH3 is 1. The fourth-order valence-corrected chi connectivity index (χ4v) is 5.19. The van der Waals surface area contributed by atoms with Crippen LogP contribution in [0.5, 0.6) is 5.88 Å². The van der Waals surface area contributed by atoms with Crippen molar-refractivity contribution in [2.24, 2.45) is 5.11 Å². The molecule has 2 aromatic rings. The SMILES string of the molecule is CCCCOP1(=O)OC[C@H]2O[C@@H](n3cnc4c(OC)nc(N)nc43)[C@](C)(N=[N+]=[N-])[C@@H]2O1. The first-order valence-electron chi connectivity index (χ1n) is 9.68. The van der Waals surface area contributed by atoms with Crippen molar-refractivity contribution in [3.63, 3.8) is 0 Å². The Hall–Kier alpha value is -2.47. The molecule has 2 fully saturated rings. The fourth-order valence-electron chi connectivity index (χ4n) is 3.69. The Balaban J connectivity index is 1.72. The van der Waals surface area contributed by atoms with Gasteiger partial charge in [0, 0.05) is 4.91 Å². The summed E-state index contributed by atoms with van der Waals surface area (Å²) in [5.74, 6) is 0.163. The third-order valence-electron chi connectivity index (χ3n) is 5.22. The highest BCUT2D eigenvalue weighted by molar-refractivity contribution is 7.48. The minimum absolute atomic E-state index is 0.0274. The molecule has 14 nitrogen and oxygen atoms in total. The highest BCUT2D eigenvalue weighted by Crippen LogP contribution is 2.59. The molecule has 2 N–H and O–H groups in total. The molecule has 5 atom stereocenters. The molecule has 4 rings (SSSR count). The number of phosphoric acid groups is 1. The molecule has 2 aromatic heterocycles. The van der Waals surface area contributed by atoms with Crippen molar-refractivity contribution in [1.29, 1.82) is 0 Å². The number of aromatic nitrogens is 4. The molecule has 2 saturated heterocycles. The van der Waals surface area contributed by atoms with Crippen LogP contribution in [0.25, 0.3) is 21.6 Å². The molecule has 2 aliphatic rings. The second-order valence-corrected chi connectivity index (χ2v) is 8.93. The van der Waals surface area contributed by atoms with Gasteiger partial charge in [-0.2, -0.15) is 9.97 Å². The number of nitrogens with zero attached hydrogens (tertiary/aromatic N) is 7. The minimum Gasteiger partial charge on any atom is -0.479 e. The van der Waals surface area contributed by atoms with E-state index in [2.05, 4.69) is 25.0 Å². The number of azide groups is 1. The van der Waals surface area contributed by atoms with Gasteiger partial charge in [-0.05, 0) is 18.9 Å². The standard InChI is InChI=1S/C16H23N8O6P/c1-4-5-6-27-31(25)28-7-9-11(30-31)16(2,22-23-18)14(29-9)24-8-19-10-12(24)20-15(17)21-13(10)26-3/h8-9,11,14H,4-7H2,1-3H3,(H2,17,20,21)/t9-,11-,14-,16-,31?/m1/s1. The lowest BCUT2D eigenvalue weighted by atomic mass is 9.93. The number of rotatable bonds is 7. The molecule has 2 aliphatic heterocycles. The Morgan fingerprint density at radius 2 is 2.32 bits per heavy atom. The quantitative estimate of drug-likeness (QED) is 0.215. The summed E-state index contributed by atoms with van der Waals surface area (Å²) in [6.07, 6.45) is 0.529. The average molecular weight is 454 g/mol. The molecule has 31 heavy (non-hydrogen) atoms. The Kier molecular flexibility index (Phi) is 5.77. The zero-order chi connectivity index (χ0) is 22.2. The molecule has 0 bridgehead atoms. The third kappa shape index (κ3) is 3.71. The Labute approximate surface area is 177 Å². The number of fused-ring (bicyclic) bond motifs is 2. The van der Waals surface area contributed by atoms with Gasteiger partial charge in [-0.15, -0.1) is 0 Å². The highest BCUT2D eigenvalue weighted by Gasteiger charge is 2.60. The largest absolute Gasteiger partial charge is 0.479 e. The molecule has 0 aromatic carbocycles. The Bertz CT molecular complexity index is 1070. The lowest BCUT2D eigenvalue weighted by Gasteiger charge is -2.35. The molecule has 0 amide bonds. The summed E-state index contributed by atoms with van der Waals surface area (Å²) in [6.45, 7) is 3.77. The van der Waals surface area contributed by atoms with Gasteiger partial charge in [-0.25, -0.2) is 9.55 Å². The number of nitrogens with two attached hydrogens (primary N) is 1. The van der Waals surface area contributed by atoms with Crippen molar-refractivity contribution in [2.75, 3.05) is 26.1 Å². The van der Waals surface area contributed by atoms with Crippen molar-refractivity contribution in [1.82, 2.24) is 19.5 Å². The lowest BCUT2D eigenvalue weighted by Crippen LogP contribution is -2.46. The normalized spacial score (nSPS) is 32.5. The predicted molar refractivity (Wildman–Crippen MR) is 107 cm³/mol. The van der Waals surface area contributed by atoms with E-state index >= 15 is 0 Å². The number of unbranched alkanes of at least 4 members (excludes halogenated alkanes) is 1. The number of ether oxygens (including phenoxy) is 2. The van der Waals surface area contributed by atoms with Gasteiger partial charge in [0.2, 0.25) is 11.8 Å². The number of hydrogen-bond acceptors (Lipinski definition) is 11. The second kappa shape index (κ2) is 8.23. The van der Waals surface area contributed by atoms with Gasteiger partial charge in [0.15, 0.2) is 17.4 Å². The molecule has 0 radical (unpaired) electrons. The molecule has 168 valence electrons. The molecule has 0 spiro atoms. The van der Waals surface area contributed by atoms with Gasteiger partial charge in [0.05, 0.1) is 26.7 Å². The minimum atomic E-state index is -3.84. The van der Waals surface area contributed by atoms with E-state index in [1.54, 1.807) is 11.5 Å². The van der Waals surface area contributed by atoms with E-state index in [0.717, 1.165) is 6.42 Å². The summed E-state index contributed by atoms with van der Waals surface area (Å²) in [4.78, 5) is 15.5. The van der Waals surface area contributed by atoms with Gasteiger partial charge in [0.25, 0.3) is 0 Å². The van der Waals surface area contributed by atoms with Crippen LogP contribution >= 0.6 is 7.82 Å². The van der Waals surface area contributed by atoms with Gasteiger partial charge < -0.3 is 15.2 Å². The summed E-state index contributed by atoms with van der Waals surface area (Å²) < 4.78 is 42.3. The lowest BCUT2D eigenvalue weighted by molar-refractivity contribution is -0.0706. The molecule has 0 aliphatic carbocycles. The Morgan fingerprint density at radius 1 is 1.52 bits per heavy atom. The molecule has 1 unspecified atom stereocenters. The zero-order valence-electron chi connectivity index (χ0n) is 17.2. The smallest absolute Gasteiger partial charge is 0.475 e. The molecule has 4 heterocycles. The van der Waals surface area contributed by atoms with Crippen molar-refractivity contribution < 1.29 is 27.6 Å². The van der Waals surface area contributed by atoms with Crippen molar-refractivity contribution >= 4 is 24.9 Å². The predicted octanol–water partition coefficient (Wildman–Crippen LogP) is 2.72. The Morgan fingerprint density at radius 3 is 3.03 bits per heavy atom. The van der Waals surface area contributed by atoms with E-state index in [4.69, 9.17) is 28.8 Å². The molecular formula is C16H23N8O6P. The maximum absolute atomic E-state index is 12.9. The van der Waals surface area contributed by atoms with E-state index < -0.39 is 31.8 Å². The van der Waals surface area contributed by atoms with E-state index in [1.807, 2.05) is 6.92 Å². The van der Waals surface area contributed by atoms with E-state index in [0.29, 0.717) is 17.6 Å². The number of hydrogen-bond donors (Lipinski definition) is 1. The maximum Gasteiger partial charge on any atom is 0.475 e. The third-order valence-corrected chi connectivity index (χ3v) is 6.67. The summed E-state index contributed by atoms with van der Waals surface area (Å²) in [5.41, 5.74) is 14.4.